The molecular weight excluding hydrogens is 698 g/mol. The fraction of sp³-hybridized carbons (Fsp3) is 0.316. The number of fused-ring (bicyclic) bond motifs is 1. The number of esters is 1. The van der Waals surface area contributed by atoms with Gasteiger partial charge in [0.25, 0.3) is 5.91 Å². The van der Waals surface area contributed by atoms with Gasteiger partial charge in [-0.1, -0.05) is 32.3 Å². The van der Waals surface area contributed by atoms with Gasteiger partial charge in [-0.25, -0.2) is 24.4 Å². The molecule has 0 saturated carbocycles. The smallest absolute Gasteiger partial charge is 0.435 e. The summed E-state index contributed by atoms with van der Waals surface area (Å²) in [6, 6.07) is 17.9. The number of nitrogens with one attached hydrogen (secondary N) is 1. The van der Waals surface area contributed by atoms with Crippen molar-refractivity contribution in [1.82, 2.24) is 14.5 Å². The number of hydrogen-bond donors (Lipinski definition) is 4. The molecule has 0 saturated heterocycles. The summed E-state index contributed by atoms with van der Waals surface area (Å²) in [7, 11) is 1.91. The van der Waals surface area contributed by atoms with Crippen LogP contribution in [0.5, 0.6) is 0 Å². The number of ether oxygens (including phenoxy) is 2. The van der Waals surface area contributed by atoms with Crippen LogP contribution in [-0.4, -0.2) is 80.3 Å². The number of imidazole rings is 1. The molecule has 0 radical (unpaired) electrons. The van der Waals surface area contributed by atoms with Crippen molar-refractivity contribution in [3.8, 4) is 0 Å². The maximum Gasteiger partial charge on any atom is 0.435 e. The highest BCUT2D eigenvalue weighted by Gasteiger charge is 2.21. The molecule has 0 unspecified atom stereocenters. The topological polar surface area (TPSA) is 229 Å². The van der Waals surface area contributed by atoms with Crippen molar-refractivity contribution < 1.29 is 43.7 Å². The molecule has 0 fully saturated rings. The van der Waals surface area contributed by atoms with Gasteiger partial charge in [-0.05, 0) is 67.9 Å². The number of aromatic nitrogens is 3. The molecule has 0 aliphatic heterocycles. The normalized spacial score (nSPS) is 11.1. The standard InChI is InChI=1S/C34H41N7O5.C4H4O4/c1-4-6-7-10-21-46-34(44)39-32(35)24-12-15-26(16-13-24)37-23-30-38-27-22-25(14-17-28(27)40(30)3)33(43)41(20-18-31(42)45-5-2)29-11-8-9-19-36-29;5-3(6)1-2-4(7)8/h8-9,11-17,19,22,37H,4-7,10,18,20-21,23H2,1-3H3,(H2,35,39,44);1-2H,(H,5,6)(H,7,8)/b;2-1+. The second kappa shape index (κ2) is 21.7. The zero-order chi connectivity index (χ0) is 39.5. The number of rotatable bonds is 17. The van der Waals surface area contributed by atoms with Crippen LogP contribution in [0.2, 0.25) is 0 Å². The molecule has 54 heavy (non-hydrogen) atoms. The zero-order valence-corrected chi connectivity index (χ0v) is 30.4. The van der Waals surface area contributed by atoms with E-state index in [0.29, 0.717) is 47.8 Å². The highest BCUT2D eigenvalue weighted by atomic mass is 16.5. The second-order valence-electron chi connectivity index (χ2n) is 11.6. The van der Waals surface area contributed by atoms with Gasteiger partial charge < -0.3 is 35.3 Å². The van der Waals surface area contributed by atoms with Gasteiger partial charge in [-0.3, -0.25) is 14.5 Å². The lowest BCUT2D eigenvalue weighted by atomic mass is 10.1. The first kappa shape index (κ1) is 41.8. The number of aryl methyl sites for hydroxylation is 1. The van der Waals surface area contributed by atoms with Crippen LogP contribution in [0.1, 0.15) is 67.7 Å². The Morgan fingerprint density at radius 1 is 0.926 bits per heavy atom. The van der Waals surface area contributed by atoms with Crippen molar-refractivity contribution in [2.75, 3.05) is 30.0 Å². The number of aliphatic carboxylic acids is 2. The van der Waals surface area contributed by atoms with Gasteiger partial charge in [0.1, 0.15) is 17.5 Å². The Kier molecular flexibility index (Phi) is 16.8. The molecule has 2 aromatic carbocycles. The number of anilines is 2. The first-order valence-corrected chi connectivity index (χ1v) is 17.3. The fourth-order valence-electron chi connectivity index (χ4n) is 4.93. The van der Waals surface area contributed by atoms with E-state index in [1.807, 2.05) is 29.8 Å². The average molecular weight is 744 g/mol. The second-order valence-corrected chi connectivity index (χ2v) is 11.6. The number of carboxylic acids is 2. The largest absolute Gasteiger partial charge is 0.478 e. The van der Waals surface area contributed by atoms with Crippen molar-refractivity contribution in [2.24, 2.45) is 17.8 Å². The molecule has 0 spiro atoms. The third-order valence-corrected chi connectivity index (χ3v) is 7.67. The fourth-order valence-corrected chi connectivity index (χ4v) is 4.93. The number of hydrogen-bond acceptors (Lipinski definition) is 10. The van der Waals surface area contributed by atoms with Gasteiger partial charge in [0.2, 0.25) is 0 Å². The van der Waals surface area contributed by atoms with Gasteiger partial charge in [-0.2, -0.15) is 4.99 Å². The molecule has 4 rings (SSSR count). The van der Waals surface area contributed by atoms with Crippen molar-refractivity contribution in [3.05, 3.63) is 96.0 Å². The number of unbranched alkanes of at least 4 members (excludes halogenated alkanes) is 3. The summed E-state index contributed by atoms with van der Waals surface area (Å²) in [5, 5.41) is 19.0. The third-order valence-electron chi connectivity index (χ3n) is 7.67. The van der Waals surface area contributed by atoms with E-state index in [1.54, 1.807) is 55.6 Å². The minimum atomic E-state index is -1.26. The minimum Gasteiger partial charge on any atom is -0.478 e. The summed E-state index contributed by atoms with van der Waals surface area (Å²) >= 11 is 0. The number of aliphatic imine (C=N–C) groups is 1. The van der Waals surface area contributed by atoms with Gasteiger partial charge in [0.05, 0.1) is 37.2 Å². The van der Waals surface area contributed by atoms with E-state index in [1.165, 1.54) is 4.90 Å². The molecule has 2 amide bonds. The summed E-state index contributed by atoms with van der Waals surface area (Å²) in [5.41, 5.74) is 9.40. The van der Waals surface area contributed by atoms with E-state index < -0.39 is 18.0 Å². The van der Waals surface area contributed by atoms with E-state index in [-0.39, 0.29) is 37.3 Å². The molecule has 0 aliphatic carbocycles. The summed E-state index contributed by atoms with van der Waals surface area (Å²) in [4.78, 5) is 71.1. The number of carbonyl (C=O) groups excluding carboxylic acids is 3. The van der Waals surface area contributed by atoms with Gasteiger partial charge in [0.15, 0.2) is 0 Å². The van der Waals surface area contributed by atoms with E-state index in [4.69, 9.17) is 30.4 Å². The Bertz CT molecular complexity index is 1930. The predicted molar refractivity (Wildman–Crippen MR) is 202 cm³/mol. The van der Waals surface area contributed by atoms with Crippen LogP contribution in [0.4, 0.5) is 16.3 Å². The van der Waals surface area contributed by atoms with Crippen molar-refractivity contribution in [1.29, 1.82) is 0 Å². The Labute approximate surface area is 312 Å². The van der Waals surface area contributed by atoms with Crippen molar-refractivity contribution in [3.63, 3.8) is 0 Å². The maximum atomic E-state index is 13.6. The monoisotopic (exact) mass is 743 g/mol. The van der Waals surface area contributed by atoms with Crippen LogP contribution in [0.3, 0.4) is 0 Å². The quantitative estimate of drug-likeness (QED) is 0.0354. The van der Waals surface area contributed by atoms with E-state index in [2.05, 4.69) is 22.2 Å². The van der Waals surface area contributed by atoms with Gasteiger partial charge >= 0.3 is 24.0 Å². The zero-order valence-electron chi connectivity index (χ0n) is 30.4. The maximum absolute atomic E-state index is 13.6. The number of pyridine rings is 1. The van der Waals surface area contributed by atoms with Gasteiger partial charge in [0, 0.05) is 48.8 Å². The first-order chi connectivity index (χ1) is 25.9. The highest BCUT2D eigenvalue weighted by Crippen LogP contribution is 2.21. The molecule has 4 aromatic rings. The number of nitrogens with two attached hydrogens (primary N) is 1. The lowest BCUT2D eigenvalue weighted by molar-refractivity contribution is -0.142. The summed E-state index contributed by atoms with van der Waals surface area (Å²) in [6.07, 6.45) is 6.11. The first-order valence-electron chi connectivity index (χ1n) is 17.3. The number of amidine groups is 1. The summed E-state index contributed by atoms with van der Waals surface area (Å²) in [6.45, 7) is 5.02. The molecule has 286 valence electrons. The van der Waals surface area contributed by atoms with Crippen LogP contribution in [0.25, 0.3) is 11.0 Å². The number of carboxylic acid groups (broad SMARTS) is 2. The number of carbonyl (C=O) groups is 5. The summed E-state index contributed by atoms with van der Waals surface area (Å²) < 4.78 is 12.1. The van der Waals surface area contributed by atoms with Crippen molar-refractivity contribution in [2.45, 2.75) is 52.5 Å². The Morgan fingerprint density at radius 2 is 1.63 bits per heavy atom. The molecule has 2 heterocycles. The van der Waals surface area contributed by atoms with Crippen LogP contribution in [0.15, 0.2) is 84.0 Å². The van der Waals surface area contributed by atoms with Crippen LogP contribution in [0, 0.1) is 0 Å². The lowest BCUT2D eigenvalue weighted by Crippen LogP contribution is -2.34. The van der Waals surface area contributed by atoms with E-state index in [9.17, 15) is 24.0 Å². The molecule has 16 heteroatoms. The van der Waals surface area contributed by atoms with Crippen LogP contribution >= 0.6 is 0 Å². The Hall–Kier alpha value is -6.58. The Morgan fingerprint density at radius 3 is 2.26 bits per heavy atom. The van der Waals surface area contributed by atoms with Crippen LogP contribution < -0.4 is 16.0 Å². The molecular formula is C38H45N7O9. The molecule has 2 aromatic heterocycles. The lowest BCUT2D eigenvalue weighted by Gasteiger charge is -2.21. The van der Waals surface area contributed by atoms with E-state index in [0.717, 1.165) is 42.7 Å². The molecule has 0 atom stereocenters. The number of amides is 2. The SMILES string of the molecule is CCCCCCOC(=O)/N=C(/N)c1ccc(NCc2nc3cc(C(=O)N(CCC(=O)OCC)c4ccccn4)ccc3n2C)cc1.O=C(O)/C=C/C(=O)O. The molecule has 0 bridgehead atoms. The molecule has 16 nitrogen and oxygen atoms in total. The van der Waals surface area contributed by atoms with E-state index >= 15 is 0 Å². The third kappa shape index (κ3) is 13.5. The molecule has 0 aliphatic rings. The number of benzene rings is 2. The van der Waals surface area contributed by atoms with Crippen molar-refractivity contribution >= 4 is 58.3 Å². The van der Waals surface area contributed by atoms with Gasteiger partial charge in [-0.15, -0.1) is 0 Å². The minimum absolute atomic E-state index is 0.0455. The Balaban J connectivity index is 0.000000879. The highest BCUT2D eigenvalue weighted by molar-refractivity contribution is 6.07. The average Bonchev–Trinajstić information content (AvgIpc) is 3.48. The predicted octanol–water partition coefficient (Wildman–Crippen LogP) is 5.31. The number of nitrogens with zero attached hydrogens (tertiary/aromatic N) is 5. The van der Waals surface area contributed by atoms with Crippen LogP contribution in [-0.2, 0) is 37.4 Å². The molecule has 5 N–H and O–H groups in total. The summed E-state index contributed by atoms with van der Waals surface area (Å²) in [5.74, 6) is -1.89.